The van der Waals surface area contributed by atoms with Crippen molar-refractivity contribution >= 4 is 56.3 Å². The first-order valence-electron chi connectivity index (χ1n) is 11.0. The van der Waals surface area contributed by atoms with Crippen LogP contribution in [0.1, 0.15) is 0 Å². The number of benzene rings is 3. The van der Waals surface area contributed by atoms with Crippen molar-refractivity contribution in [2.24, 2.45) is 0 Å². The highest BCUT2D eigenvalue weighted by Gasteiger charge is 2.19. The molecule has 0 fully saturated rings. The summed E-state index contributed by atoms with van der Waals surface area (Å²) in [5, 5.41) is 25.1. The van der Waals surface area contributed by atoms with Gasteiger partial charge in [0.25, 0.3) is 0 Å². The molecule has 9 nitrogen and oxygen atoms in total. The Morgan fingerprint density at radius 1 is 0.895 bits per heavy atom. The van der Waals surface area contributed by atoms with Crippen LogP contribution in [-0.2, 0) is 10.0 Å². The first kappa shape index (κ1) is 27.6. The molecule has 0 bridgehead atoms. The normalized spacial score (nSPS) is 11.2. The van der Waals surface area contributed by atoms with Crippen LogP contribution in [0.3, 0.4) is 0 Å². The minimum absolute atomic E-state index is 0.0355. The highest BCUT2D eigenvalue weighted by atomic mass is 35.5. The molecule has 0 saturated heterocycles. The second-order valence-electron chi connectivity index (χ2n) is 7.80. The Morgan fingerprint density at radius 2 is 1.63 bits per heavy atom. The molecule has 198 valence electrons. The first-order chi connectivity index (χ1) is 18.1. The average Bonchev–Trinajstić information content (AvgIpc) is 3.35. The fourth-order valence-electron chi connectivity index (χ4n) is 3.30. The number of halogens is 2. The van der Waals surface area contributed by atoms with Gasteiger partial charge in [-0.2, -0.15) is 0 Å². The number of hydrogen-bond acceptors (Lipinski definition) is 7. The molecule has 0 radical (unpaired) electrons. The maximum Gasteiger partial charge on any atom is 0.319 e. The number of nitrogens with one attached hydrogen (secondary N) is 3. The Morgan fingerprint density at radius 3 is 2.37 bits per heavy atom. The van der Waals surface area contributed by atoms with Gasteiger partial charge in [0, 0.05) is 45.3 Å². The Bertz CT molecular complexity index is 1560. The topological polar surface area (TPSA) is 137 Å². The molecule has 38 heavy (non-hydrogen) atoms. The van der Waals surface area contributed by atoms with Crippen LogP contribution in [0, 0.1) is 0 Å². The Hall–Kier alpha value is -3.48. The van der Waals surface area contributed by atoms with Crippen molar-refractivity contribution in [3.8, 4) is 33.4 Å². The SMILES string of the molecule is O=C(NCCNS(=O)(=O)c1ccc(-c2ccccc2Oc2ccc(O)c(O)c2)s1)Nc1cc(Cl)cc(Cl)c1. The number of ether oxygens (including phenoxy) is 1. The molecule has 0 saturated carbocycles. The smallest absolute Gasteiger partial charge is 0.319 e. The molecule has 0 aliphatic rings. The largest absolute Gasteiger partial charge is 0.504 e. The van der Waals surface area contributed by atoms with Crippen molar-refractivity contribution in [1.82, 2.24) is 10.0 Å². The number of urea groups is 1. The molecule has 5 N–H and O–H groups in total. The predicted octanol–water partition coefficient (Wildman–Crippen LogP) is 6.03. The minimum atomic E-state index is -3.84. The summed E-state index contributed by atoms with van der Waals surface area (Å²) in [5.74, 6) is 0.144. The number of thiophene rings is 1. The summed E-state index contributed by atoms with van der Waals surface area (Å²) >= 11 is 12.9. The van der Waals surface area contributed by atoms with Crippen molar-refractivity contribution in [2.75, 3.05) is 18.4 Å². The number of carbonyl (C=O) groups is 1. The van der Waals surface area contributed by atoms with E-state index >= 15 is 0 Å². The van der Waals surface area contributed by atoms with Crippen LogP contribution in [0.4, 0.5) is 10.5 Å². The van der Waals surface area contributed by atoms with Crippen LogP contribution < -0.4 is 20.1 Å². The van der Waals surface area contributed by atoms with Gasteiger partial charge in [-0.15, -0.1) is 11.3 Å². The van der Waals surface area contributed by atoms with Crippen molar-refractivity contribution in [3.05, 3.63) is 82.8 Å². The standard InChI is InChI=1S/C25H21Cl2N3O6S2/c26-15-11-16(27)13-17(12-15)30-25(33)28-9-10-29-38(34,35)24-8-7-23(37-24)19-3-1-2-4-22(19)36-18-5-6-20(31)21(32)14-18/h1-8,11-14,29,31-32H,9-10H2,(H2,28,30,33). The molecular weight excluding hydrogens is 573 g/mol. The Kier molecular flexibility index (Phi) is 8.65. The molecule has 1 heterocycles. The van der Waals surface area contributed by atoms with Gasteiger partial charge in [-0.3, -0.25) is 0 Å². The molecule has 0 atom stereocenters. The summed E-state index contributed by atoms with van der Waals surface area (Å²) in [6.07, 6.45) is 0. The first-order valence-corrected chi connectivity index (χ1v) is 14.1. The summed E-state index contributed by atoms with van der Waals surface area (Å²) in [4.78, 5) is 12.7. The zero-order chi connectivity index (χ0) is 27.3. The van der Waals surface area contributed by atoms with Crippen molar-refractivity contribution in [3.63, 3.8) is 0 Å². The Balaban J connectivity index is 1.36. The average molecular weight is 594 g/mol. The molecule has 0 aliphatic carbocycles. The lowest BCUT2D eigenvalue weighted by Gasteiger charge is -2.11. The molecule has 0 aliphatic heterocycles. The van der Waals surface area contributed by atoms with Gasteiger partial charge >= 0.3 is 6.03 Å². The van der Waals surface area contributed by atoms with Crippen LogP contribution in [0.15, 0.2) is 77.0 Å². The van der Waals surface area contributed by atoms with E-state index in [1.807, 2.05) is 0 Å². The number of anilines is 1. The molecule has 1 aromatic heterocycles. The maximum absolute atomic E-state index is 12.8. The number of aromatic hydroxyl groups is 2. The van der Waals surface area contributed by atoms with Crippen LogP contribution >= 0.6 is 34.5 Å². The zero-order valence-electron chi connectivity index (χ0n) is 19.4. The van der Waals surface area contributed by atoms with Crippen molar-refractivity contribution < 1.29 is 28.2 Å². The second-order valence-corrected chi connectivity index (χ2v) is 11.8. The lowest BCUT2D eigenvalue weighted by Crippen LogP contribution is -2.36. The molecule has 4 aromatic rings. The van der Waals surface area contributed by atoms with E-state index in [1.54, 1.807) is 30.3 Å². The number of rotatable bonds is 9. The number of amides is 2. The summed E-state index contributed by atoms with van der Waals surface area (Å²) in [6, 6.07) is 18.3. The van der Waals surface area contributed by atoms with Gasteiger partial charge in [0.15, 0.2) is 11.5 Å². The number of sulfonamides is 1. The third-order valence-corrected chi connectivity index (χ3v) is 8.50. The van der Waals surface area contributed by atoms with Gasteiger partial charge in [0.05, 0.1) is 0 Å². The van der Waals surface area contributed by atoms with E-state index in [0.717, 1.165) is 11.3 Å². The van der Waals surface area contributed by atoms with Crippen LogP contribution in [0.2, 0.25) is 10.0 Å². The molecule has 3 aromatic carbocycles. The van der Waals surface area contributed by atoms with Gasteiger partial charge in [-0.05, 0) is 54.6 Å². The van der Waals surface area contributed by atoms with Gasteiger partial charge < -0.3 is 25.6 Å². The number of phenolic OH excluding ortho intramolecular Hbond substituents is 2. The van der Waals surface area contributed by atoms with E-state index in [0.29, 0.717) is 37.7 Å². The van der Waals surface area contributed by atoms with Gasteiger partial charge in [0.2, 0.25) is 10.0 Å². The highest BCUT2D eigenvalue weighted by molar-refractivity contribution is 7.91. The van der Waals surface area contributed by atoms with Crippen LogP contribution in [-0.4, -0.2) is 37.8 Å². The van der Waals surface area contributed by atoms with E-state index in [1.165, 1.54) is 42.5 Å². The van der Waals surface area contributed by atoms with Crippen molar-refractivity contribution in [2.45, 2.75) is 4.21 Å². The van der Waals surface area contributed by atoms with E-state index in [9.17, 15) is 23.4 Å². The van der Waals surface area contributed by atoms with Crippen molar-refractivity contribution in [1.29, 1.82) is 0 Å². The van der Waals surface area contributed by atoms with E-state index < -0.39 is 16.1 Å². The number of carbonyl (C=O) groups excluding carboxylic acids is 1. The van der Waals surface area contributed by atoms with Gasteiger partial charge in [-0.25, -0.2) is 17.9 Å². The predicted molar refractivity (Wildman–Crippen MR) is 148 cm³/mol. The van der Waals surface area contributed by atoms with Gasteiger partial charge in [-0.1, -0.05) is 35.3 Å². The number of para-hydroxylation sites is 1. The summed E-state index contributed by atoms with van der Waals surface area (Å²) < 4.78 is 34.0. The highest BCUT2D eigenvalue weighted by Crippen LogP contribution is 2.39. The Labute approximate surface area is 232 Å². The molecule has 0 spiro atoms. The summed E-state index contributed by atoms with van der Waals surface area (Å²) in [6.45, 7) is -0.00290. The van der Waals surface area contributed by atoms with E-state index in [-0.39, 0.29) is 28.8 Å². The molecule has 13 heteroatoms. The third kappa shape index (κ3) is 7.09. The zero-order valence-corrected chi connectivity index (χ0v) is 22.6. The monoisotopic (exact) mass is 593 g/mol. The lowest BCUT2D eigenvalue weighted by molar-refractivity contribution is 0.252. The summed E-state index contributed by atoms with van der Waals surface area (Å²) in [5.41, 5.74) is 1.05. The quantitative estimate of drug-likeness (QED) is 0.119. The third-order valence-electron chi connectivity index (χ3n) is 5.00. The molecule has 2 amide bonds. The second kappa shape index (κ2) is 11.9. The number of phenols is 2. The lowest BCUT2D eigenvalue weighted by atomic mass is 10.1. The van der Waals surface area contributed by atoms with E-state index in [4.69, 9.17) is 27.9 Å². The molecule has 4 rings (SSSR count). The molecule has 0 unspecified atom stereocenters. The number of hydrogen-bond donors (Lipinski definition) is 5. The summed E-state index contributed by atoms with van der Waals surface area (Å²) in [7, 11) is -3.84. The minimum Gasteiger partial charge on any atom is -0.504 e. The maximum atomic E-state index is 12.8. The van der Waals surface area contributed by atoms with E-state index in [2.05, 4.69) is 15.4 Å². The fraction of sp³-hybridized carbons (Fsp3) is 0.0800. The van der Waals surface area contributed by atoms with Crippen LogP contribution in [0.25, 0.3) is 10.4 Å². The van der Waals surface area contributed by atoms with Crippen LogP contribution in [0.5, 0.6) is 23.0 Å². The van der Waals surface area contributed by atoms with Gasteiger partial charge in [0.1, 0.15) is 15.7 Å². The fourth-order valence-corrected chi connectivity index (χ4v) is 6.23. The molecular formula is C25H21Cl2N3O6S2.